The van der Waals surface area contributed by atoms with Crippen LogP contribution in [0.4, 0.5) is 10.5 Å². The van der Waals surface area contributed by atoms with Crippen molar-refractivity contribution >= 4 is 67.4 Å². The van der Waals surface area contributed by atoms with Crippen LogP contribution in [-0.2, 0) is 29.2 Å². The first-order chi connectivity index (χ1) is 17.6. The van der Waals surface area contributed by atoms with Gasteiger partial charge in [0.1, 0.15) is 11.4 Å². The zero-order valence-corrected chi connectivity index (χ0v) is 21.2. The van der Waals surface area contributed by atoms with E-state index in [2.05, 4.69) is 10.1 Å². The van der Waals surface area contributed by atoms with Crippen molar-refractivity contribution in [3.05, 3.63) is 71.1 Å². The SMILES string of the molecule is COC(=O)CN1C(=O)S/C(=C\c2c(OS(=O)(=O)c3ccc(NC(C)=O)cc3)ccc3ccccc23)C1=O. The molecule has 3 aromatic rings. The van der Waals surface area contributed by atoms with Gasteiger partial charge in [-0.2, -0.15) is 8.42 Å². The van der Waals surface area contributed by atoms with Crippen molar-refractivity contribution < 1.29 is 36.5 Å². The maximum Gasteiger partial charge on any atom is 0.339 e. The van der Waals surface area contributed by atoms with Crippen LogP contribution in [0.25, 0.3) is 16.8 Å². The summed E-state index contributed by atoms with van der Waals surface area (Å²) in [6.45, 7) is 0.791. The number of benzene rings is 3. The van der Waals surface area contributed by atoms with Gasteiger partial charge in [0.05, 0.1) is 12.0 Å². The van der Waals surface area contributed by atoms with Gasteiger partial charge in [0.2, 0.25) is 5.91 Å². The third kappa shape index (κ3) is 5.65. The Morgan fingerprint density at radius 2 is 1.73 bits per heavy atom. The highest BCUT2D eigenvalue weighted by atomic mass is 32.2. The number of methoxy groups -OCH3 is 1. The Hall–Kier alpha value is -4.16. The number of carbonyl (C=O) groups excluding carboxylic acids is 4. The maximum absolute atomic E-state index is 13.1. The van der Waals surface area contributed by atoms with E-state index in [1.54, 1.807) is 30.3 Å². The molecule has 10 nitrogen and oxygen atoms in total. The van der Waals surface area contributed by atoms with Crippen molar-refractivity contribution in [2.75, 3.05) is 19.0 Å². The molecule has 0 unspecified atom stereocenters. The minimum atomic E-state index is -4.31. The summed E-state index contributed by atoms with van der Waals surface area (Å²) in [5, 5.41) is 3.22. The van der Waals surface area contributed by atoms with E-state index in [9.17, 15) is 27.6 Å². The average Bonchev–Trinajstić information content (AvgIpc) is 3.12. The van der Waals surface area contributed by atoms with Crippen LogP contribution >= 0.6 is 11.8 Å². The number of rotatable bonds is 7. The van der Waals surface area contributed by atoms with Gasteiger partial charge >= 0.3 is 16.1 Å². The van der Waals surface area contributed by atoms with Crippen LogP contribution in [0.5, 0.6) is 5.75 Å². The number of imide groups is 1. The second-order valence-corrected chi connectivity index (χ2v) is 10.3. The van der Waals surface area contributed by atoms with E-state index in [0.717, 1.165) is 17.4 Å². The zero-order chi connectivity index (χ0) is 26.7. The number of fused-ring (bicyclic) bond motifs is 1. The largest absolute Gasteiger partial charge is 0.468 e. The van der Waals surface area contributed by atoms with E-state index in [-0.39, 0.29) is 27.0 Å². The Morgan fingerprint density at radius 1 is 1.03 bits per heavy atom. The molecule has 0 aliphatic carbocycles. The molecule has 1 fully saturated rings. The standard InChI is InChI=1S/C25H20N2O8S2/c1-15(28)26-17-8-10-18(11-9-17)37(32,33)35-21-12-7-16-5-3-4-6-19(16)20(21)13-22-24(30)27(25(31)36-22)14-23(29)34-2/h3-13H,14H2,1-2H3,(H,26,28)/b22-13-. The summed E-state index contributed by atoms with van der Waals surface area (Å²) in [6.07, 6.45) is 1.37. The second-order valence-electron chi connectivity index (χ2n) is 7.79. The third-order valence-corrected chi connectivity index (χ3v) is 7.41. The zero-order valence-electron chi connectivity index (χ0n) is 19.6. The summed E-state index contributed by atoms with van der Waals surface area (Å²) in [7, 11) is -3.17. The van der Waals surface area contributed by atoms with Crippen molar-refractivity contribution in [1.29, 1.82) is 0 Å². The lowest BCUT2D eigenvalue weighted by Gasteiger charge is -2.13. The molecule has 0 aromatic heterocycles. The van der Waals surface area contributed by atoms with Gasteiger partial charge in [0, 0.05) is 18.2 Å². The van der Waals surface area contributed by atoms with Gasteiger partial charge in [0.15, 0.2) is 5.75 Å². The van der Waals surface area contributed by atoms with Gasteiger partial charge in [-0.05, 0) is 58.9 Å². The molecular weight excluding hydrogens is 520 g/mol. The van der Waals surface area contributed by atoms with Crippen LogP contribution < -0.4 is 9.50 Å². The minimum Gasteiger partial charge on any atom is -0.468 e. The molecule has 1 heterocycles. The van der Waals surface area contributed by atoms with Crippen LogP contribution in [0.2, 0.25) is 0 Å². The first-order valence-electron chi connectivity index (χ1n) is 10.7. The van der Waals surface area contributed by atoms with Gasteiger partial charge in [-0.3, -0.25) is 24.1 Å². The fourth-order valence-electron chi connectivity index (χ4n) is 3.53. The Kier molecular flexibility index (Phi) is 7.32. The fourth-order valence-corrected chi connectivity index (χ4v) is 5.30. The molecular formula is C25H20N2O8S2. The lowest BCUT2D eigenvalue weighted by Crippen LogP contribution is -2.34. The Bertz CT molecular complexity index is 1560. The van der Waals surface area contributed by atoms with E-state index < -0.39 is 33.8 Å². The third-order valence-electron chi connectivity index (χ3n) is 5.26. The molecule has 1 aliphatic heterocycles. The highest BCUT2D eigenvalue weighted by Crippen LogP contribution is 2.37. The summed E-state index contributed by atoms with van der Waals surface area (Å²) in [4.78, 5) is 48.6. The first kappa shape index (κ1) is 25.9. The number of amides is 3. The van der Waals surface area contributed by atoms with Gasteiger partial charge in [0.25, 0.3) is 11.1 Å². The van der Waals surface area contributed by atoms with Crippen molar-refractivity contribution in [3.8, 4) is 5.75 Å². The van der Waals surface area contributed by atoms with E-state index in [1.165, 1.54) is 43.3 Å². The molecule has 4 rings (SSSR count). The molecule has 0 radical (unpaired) electrons. The lowest BCUT2D eigenvalue weighted by atomic mass is 10.0. The molecule has 3 amide bonds. The first-order valence-corrected chi connectivity index (χ1v) is 13.0. The molecule has 0 bridgehead atoms. The highest BCUT2D eigenvalue weighted by molar-refractivity contribution is 8.18. The summed E-state index contributed by atoms with van der Waals surface area (Å²) in [5.41, 5.74) is 0.681. The molecule has 1 saturated heterocycles. The van der Waals surface area contributed by atoms with E-state index in [0.29, 0.717) is 22.8 Å². The number of thioether (sulfide) groups is 1. The minimum absolute atomic E-state index is 0.00726. The lowest BCUT2D eigenvalue weighted by molar-refractivity contribution is -0.143. The van der Waals surface area contributed by atoms with Gasteiger partial charge in [-0.15, -0.1) is 0 Å². The van der Waals surface area contributed by atoms with Crippen molar-refractivity contribution in [2.45, 2.75) is 11.8 Å². The van der Waals surface area contributed by atoms with Gasteiger partial charge in [-0.1, -0.05) is 30.3 Å². The maximum atomic E-state index is 13.1. The Morgan fingerprint density at radius 3 is 2.41 bits per heavy atom. The summed E-state index contributed by atoms with van der Waals surface area (Å²) in [5.74, 6) is -1.84. The highest BCUT2D eigenvalue weighted by Gasteiger charge is 2.37. The van der Waals surface area contributed by atoms with Crippen molar-refractivity contribution in [1.82, 2.24) is 4.90 Å². The van der Waals surface area contributed by atoms with E-state index >= 15 is 0 Å². The summed E-state index contributed by atoms with van der Waals surface area (Å²) in [6, 6.07) is 15.6. The molecule has 0 saturated carbocycles. The van der Waals surface area contributed by atoms with Crippen molar-refractivity contribution in [3.63, 3.8) is 0 Å². The molecule has 0 spiro atoms. The second kappa shape index (κ2) is 10.4. The molecule has 3 aromatic carbocycles. The number of anilines is 1. The van der Waals surface area contributed by atoms with E-state index in [4.69, 9.17) is 4.18 Å². The van der Waals surface area contributed by atoms with Crippen molar-refractivity contribution in [2.24, 2.45) is 0 Å². The molecule has 1 N–H and O–H groups in total. The molecule has 1 aliphatic rings. The van der Waals surface area contributed by atoms with Gasteiger partial charge < -0.3 is 14.2 Å². The number of ether oxygens (including phenoxy) is 1. The fraction of sp³-hybridized carbons (Fsp3) is 0.120. The van der Waals surface area contributed by atoms with Crippen LogP contribution in [0.3, 0.4) is 0 Å². The Balaban J connectivity index is 1.73. The Labute approximate surface area is 216 Å². The van der Waals surface area contributed by atoms with Gasteiger partial charge in [-0.25, -0.2) is 0 Å². The van der Waals surface area contributed by atoms with Crippen LogP contribution in [-0.4, -0.2) is 50.0 Å². The predicted octanol–water partition coefficient (Wildman–Crippen LogP) is 3.78. The number of nitrogens with one attached hydrogen (secondary N) is 1. The predicted molar refractivity (Wildman–Crippen MR) is 137 cm³/mol. The molecule has 190 valence electrons. The summed E-state index contributed by atoms with van der Waals surface area (Å²) >= 11 is 0.618. The number of hydrogen-bond acceptors (Lipinski definition) is 9. The quantitative estimate of drug-likeness (QED) is 0.270. The number of hydrogen-bond donors (Lipinski definition) is 1. The van der Waals surface area contributed by atoms with Crippen LogP contribution in [0, 0.1) is 0 Å². The summed E-state index contributed by atoms with van der Waals surface area (Å²) < 4.78 is 36.2. The smallest absolute Gasteiger partial charge is 0.339 e. The number of esters is 1. The molecule has 12 heteroatoms. The molecule has 37 heavy (non-hydrogen) atoms. The van der Waals surface area contributed by atoms with Crippen LogP contribution in [0.15, 0.2) is 70.5 Å². The number of carbonyl (C=O) groups is 4. The average molecular weight is 541 g/mol. The normalized spacial score (nSPS) is 14.8. The van der Waals surface area contributed by atoms with Crippen LogP contribution in [0.1, 0.15) is 12.5 Å². The monoisotopic (exact) mass is 540 g/mol. The van der Waals surface area contributed by atoms with E-state index in [1.807, 2.05) is 0 Å². The number of nitrogens with zero attached hydrogens (tertiary/aromatic N) is 1. The topological polar surface area (TPSA) is 136 Å². The molecule has 0 atom stereocenters.